The average molecular weight is 435 g/mol. The molecule has 0 aliphatic carbocycles. The van der Waals surface area contributed by atoms with Gasteiger partial charge in [-0.15, -0.1) is 0 Å². The summed E-state index contributed by atoms with van der Waals surface area (Å²) in [5.74, 6) is -1.19. The molecular formula is C17H11Cl2F3N2O2S. The van der Waals surface area contributed by atoms with Crippen molar-refractivity contribution >= 4 is 33.0 Å². The molecule has 0 radical (unpaired) electrons. The Labute approximate surface area is 162 Å². The number of aromatic nitrogens is 2. The van der Waals surface area contributed by atoms with Crippen molar-refractivity contribution in [3.05, 3.63) is 58.3 Å². The first-order valence-corrected chi connectivity index (χ1v) is 10.0. The Balaban J connectivity index is 2.21. The molecule has 3 aromatic rings. The summed E-state index contributed by atoms with van der Waals surface area (Å²) in [6.45, 7) is 0. The van der Waals surface area contributed by atoms with E-state index < -0.39 is 21.8 Å². The Bertz CT molecular complexity index is 1110. The van der Waals surface area contributed by atoms with Crippen molar-refractivity contribution in [2.75, 3.05) is 6.26 Å². The summed E-state index contributed by atoms with van der Waals surface area (Å²) >= 11 is 12.0. The first-order valence-electron chi connectivity index (χ1n) is 7.40. The third-order valence-corrected chi connectivity index (χ3v) is 5.40. The number of H-pyrrole nitrogens is 1. The minimum absolute atomic E-state index is 0.00778. The van der Waals surface area contributed by atoms with Gasteiger partial charge in [0.25, 0.3) is 0 Å². The van der Waals surface area contributed by atoms with E-state index in [1.807, 2.05) is 0 Å². The van der Waals surface area contributed by atoms with Crippen LogP contribution in [0.4, 0.5) is 13.2 Å². The van der Waals surface area contributed by atoms with Crippen molar-refractivity contribution in [3.8, 4) is 22.5 Å². The summed E-state index contributed by atoms with van der Waals surface area (Å²) in [5, 5.41) is 0.479. The van der Waals surface area contributed by atoms with E-state index in [-0.39, 0.29) is 26.9 Å². The Hall–Kier alpha value is -2.03. The number of benzene rings is 2. The highest BCUT2D eigenvalue weighted by Gasteiger charge is 2.36. The summed E-state index contributed by atoms with van der Waals surface area (Å²) in [4.78, 5) is 5.97. The highest BCUT2D eigenvalue weighted by atomic mass is 35.5. The maximum Gasteiger partial charge on any atom is 0.449 e. The first kappa shape index (κ1) is 19.7. The number of aromatic amines is 1. The number of nitrogens with one attached hydrogen (secondary N) is 1. The van der Waals surface area contributed by atoms with Gasteiger partial charge < -0.3 is 4.98 Å². The van der Waals surface area contributed by atoms with Crippen molar-refractivity contribution in [1.29, 1.82) is 0 Å². The van der Waals surface area contributed by atoms with E-state index >= 15 is 0 Å². The fraction of sp³-hybridized carbons (Fsp3) is 0.118. The quantitative estimate of drug-likeness (QED) is 0.593. The molecule has 0 bridgehead atoms. The molecule has 0 spiro atoms. The second-order valence-corrected chi connectivity index (χ2v) is 8.59. The average Bonchev–Trinajstić information content (AvgIpc) is 2.99. The summed E-state index contributed by atoms with van der Waals surface area (Å²) in [6.07, 6.45) is -3.66. The molecule has 142 valence electrons. The molecule has 0 fully saturated rings. The Kier molecular flexibility index (Phi) is 5.00. The third kappa shape index (κ3) is 4.12. The van der Waals surface area contributed by atoms with Crippen LogP contribution in [-0.2, 0) is 16.0 Å². The minimum Gasteiger partial charge on any atom is -0.334 e. The molecule has 0 aliphatic heterocycles. The number of hydrogen-bond acceptors (Lipinski definition) is 3. The van der Waals surface area contributed by atoms with Gasteiger partial charge >= 0.3 is 6.18 Å². The SMILES string of the molecule is CS(=O)(=O)c1ccc(-c2nc(C(F)(F)F)[nH]c2-c2ccc(Cl)cc2Cl)cc1. The highest BCUT2D eigenvalue weighted by Crippen LogP contribution is 2.39. The second-order valence-electron chi connectivity index (χ2n) is 5.73. The maximum absolute atomic E-state index is 13.2. The van der Waals surface area contributed by atoms with Gasteiger partial charge in [-0.1, -0.05) is 35.3 Å². The molecule has 1 N–H and O–H groups in total. The number of rotatable bonds is 3. The Morgan fingerprint density at radius 2 is 1.67 bits per heavy atom. The zero-order valence-corrected chi connectivity index (χ0v) is 15.9. The van der Waals surface area contributed by atoms with E-state index in [0.29, 0.717) is 10.6 Å². The lowest BCUT2D eigenvalue weighted by molar-refractivity contribution is -0.144. The monoisotopic (exact) mass is 434 g/mol. The van der Waals surface area contributed by atoms with Crippen molar-refractivity contribution in [2.24, 2.45) is 0 Å². The van der Waals surface area contributed by atoms with E-state index in [1.54, 1.807) is 0 Å². The second kappa shape index (κ2) is 6.85. The molecule has 10 heteroatoms. The molecule has 3 rings (SSSR count). The van der Waals surface area contributed by atoms with Crippen LogP contribution in [0.5, 0.6) is 0 Å². The van der Waals surface area contributed by atoms with Crippen molar-refractivity contribution in [1.82, 2.24) is 9.97 Å². The lowest BCUT2D eigenvalue weighted by Gasteiger charge is -2.07. The molecule has 0 unspecified atom stereocenters. The van der Waals surface area contributed by atoms with Crippen LogP contribution in [0.2, 0.25) is 10.0 Å². The molecule has 1 heterocycles. The van der Waals surface area contributed by atoms with Gasteiger partial charge in [0, 0.05) is 22.4 Å². The fourth-order valence-corrected chi connectivity index (χ4v) is 3.60. The number of hydrogen-bond donors (Lipinski definition) is 1. The smallest absolute Gasteiger partial charge is 0.334 e. The van der Waals surface area contributed by atoms with E-state index in [0.717, 1.165) is 6.26 Å². The number of halogens is 5. The van der Waals surface area contributed by atoms with E-state index in [1.165, 1.54) is 42.5 Å². The summed E-state index contributed by atoms with van der Waals surface area (Å²) in [5.41, 5.74) is 0.629. The molecule has 0 atom stereocenters. The van der Waals surface area contributed by atoms with E-state index in [9.17, 15) is 21.6 Å². The molecule has 27 heavy (non-hydrogen) atoms. The summed E-state index contributed by atoms with van der Waals surface area (Å²) < 4.78 is 62.7. The van der Waals surface area contributed by atoms with Crippen LogP contribution in [0, 0.1) is 0 Å². The number of imidazole rings is 1. The molecule has 2 aromatic carbocycles. The van der Waals surface area contributed by atoms with Gasteiger partial charge in [0.15, 0.2) is 9.84 Å². The van der Waals surface area contributed by atoms with Crippen LogP contribution in [0.25, 0.3) is 22.5 Å². The lowest BCUT2D eigenvalue weighted by Crippen LogP contribution is -2.07. The maximum atomic E-state index is 13.2. The zero-order valence-electron chi connectivity index (χ0n) is 13.6. The lowest BCUT2D eigenvalue weighted by atomic mass is 10.1. The van der Waals surface area contributed by atoms with Gasteiger partial charge in [0.1, 0.15) is 0 Å². The number of sulfone groups is 1. The highest BCUT2D eigenvalue weighted by molar-refractivity contribution is 7.90. The molecule has 0 saturated carbocycles. The number of alkyl halides is 3. The Morgan fingerprint density at radius 1 is 1.04 bits per heavy atom. The van der Waals surface area contributed by atoms with Crippen LogP contribution in [0.15, 0.2) is 47.4 Å². The molecule has 0 saturated heterocycles. The standard InChI is InChI=1S/C17H11Cl2F3N2O2S/c1-27(25,26)11-5-2-9(3-6-11)14-15(24-16(23-14)17(20,21)22)12-7-4-10(18)8-13(12)19/h2-8H,1H3,(H,23,24). The molecule has 1 aromatic heterocycles. The normalized spacial score (nSPS) is 12.4. The third-order valence-electron chi connectivity index (χ3n) is 3.73. The van der Waals surface area contributed by atoms with Crippen LogP contribution in [-0.4, -0.2) is 24.6 Å². The summed E-state index contributed by atoms with van der Waals surface area (Å²) in [6, 6.07) is 9.77. The van der Waals surface area contributed by atoms with E-state index in [2.05, 4.69) is 9.97 Å². The molecule has 0 aliphatic rings. The largest absolute Gasteiger partial charge is 0.449 e. The summed E-state index contributed by atoms with van der Waals surface area (Å²) in [7, 11) is -3.44. The predicted molar refractivity (Wildman–Crippen MR) is 97.6 cm³/mol. The fourth-order valence-electron chi connectivity index (χ4n) is 2.46. The zero-order chi connectivity index (χ0) is 20.0. The van der Waals surface area contributed by atoms with Gasteiger partial charge in [-0.3, -0.25) is 0 Å². The van der Waals surface area contributed by atoms with Crippen molar-refractivity contribution in [2.45, 2.75) is 11.1 Å². The van der Waals surface area contributed by atoms with E-state index in [4.69, 9.17) is 23.2 Å². The van der Waals surface area contributed by atoms with Crippen LogP contribution >= 0.6 is 23.2 Å². The van der Waals surface area contributed by atoms with Gasteiger partial charge in [0.2, 0.25) is 5.82 Å². The minimum atomic E-state index is -4.70. The Morgan fingerprint density at radius 3 is 2.19 bits per heavy atom. The number of nitrogens with zero attached hydrogens (tertiary/aromatic N) is 1. The van der Waals surface area contributed by atoms with Crippen molar-refractivity contribution in [3.63, 3.8) is 0 Å². The van der Waals surface area contributed by atoms with Gasteiger partial charge in [-0.25, -0.2) is 13.4 Å². The van der Waals surface area contributed by atoms with Crippen LogP contribution in [0.1, 0.15) is 5.82 Å². The molecule has 0 amide bonds. The first-order chi connectivity index (χ1) is 12.5. The van der Waals surface area contributed by atoms with Gasteiger partial charge in [-0.2, -0.15) is 13.2 Å². The van der Waals surface area contributed by atoms with Gasteiger partial charge in [-0.05, 0) is 30.3 Å². The molecular weight excluding hydrogens is 424 g/mol. The van der Waals surface area contributed by atoms with Crippen LogP contribution in [0.3, 0.4) is 0 Å². The predicted octanol–water partition coefficient (Wildman–Crippen LogP) is 5.47. The van der Waals surface area contributed by atoms with Crippen molar-refractivity contribution < 1.29 is 21.6 Å². The topological polar surface area (TPSA) is 62.8 Å². The van der Waals surface area contributed by atoms with Gasteiger partial charge in [0.05, 0.1) is 21.3 Å². The van der Waals surface area contributed by atoms with Crippen LogP contribution < -0.4 is 0 Å². The molecule has 4 nitrogen and oxygen atoms in total.